The van der Waals surface area contributed by atoms with Crippen molar-refractivity contribution in [2.45, 2.75) is 0 Å². The molecule has 0 bridgehead atoms. The summed E-state index contributed by atoms with van der Waals surface area (Å²) in [5.74, 6) is 1.86. The smallest absolute Gasteiger partial charge is 0.164 e. The third-order valence-corrected chi connectivity index (χ3v) is 9.64. The molecule has 0 aliphatic rings. The highest BCUT2D eigenvalue weighted by Gasteiger charge is 2.16. The summed E-state index contributed by atoms with van der Waals surface area (Å²) in [4.78, 5) is 24.8. The minimum Gasteiger partial charge on any atom is -0.256 e. The van der Waals surface area contributed by atoms with Crippen LogP contribution in [0.15, 0.2) is 164 Å². The van der Waals surface area contributed by atoms with Crippen molar-refractivity contribution < 1.29 is 0 Å². The monoisotopic (exact) mass is 645 g/mol. The highest BCUT2D eigenvalue weighted by Crippen LogP contribution is 2.38. The molecule has 0 saturated carbocycles. The van der Waals surface area contributed by atoms with Crippen molar-refractivity contribution >= 4 is 32.5 Å². The standard InChI is InChI=1S/C43H27N5S/c1-4-12-29(13-5-1)40-46-41(30-14-6-2-7-15-30)48-42(47-40)35-25-33(24-34(26-35)36-20-10-18-28-19-11-23-44-39(28)36)32-21-22-37-38(27-32)49-43(45-37)31-16-8-3-9-17-31/h1-27H. The van der Waals surface area contributed by atoms with Gasteiger partial charge in [-0.2, -0.15) is 0 Å². The average Bonchev–Trinajstić information content (AvgIpc) is 3.62. The van der Waals surface area contributed by atoms with E-state index in [9.17, 15) is 0 Å². The topological polar surface area (TPSA) is 64.5 Å². The number of aromatic nitrogens is 5. The first-order chi connectivity index (χ1) is 24.2. The fourth-order valence-corrected chi connectivity index (χ4v) is 7.17. The molecule has 9 rings (SSSR count). The van der Waals surface area contributed by atoms with Crippen LogP contribution in [0, 0.1) is 0 Å². The van der Waals surface area contributed by atoms with E-state index in [1.165, 1.54) is 0 Å². The Morgan fingerprint density at radius 1 is 0.388 bits per heavy atom. The molecule has 6 aromatic carbocycles. The molecule has 0 N–H and O–H groups in total. The SMILES string of the molecule is c1ccc(-c2nc(-c3ccccc3)nc(-c3cc(-c4ccc5nc(-c6ccccc6)sc5c4)cc(-c4cccc5cccnc45)c3)n2)cc1. The Balaban J connectivity index is 1.26. The largest absolute Gasteiger partial charge is 0.256 e. The van der Waals surface area contributed by atoms with Crippen LogP contribution in [-0.2, 0) is 0 Å². The highest BCUT2D eigenvalue weighted by atomic mass is 32.1. The van der Waals surface area contributed by atoms with E-state index in [1.807, 2.05) is 79.0 Å². The Kier molecular flexibility index (Phi) is 7.26. The molecule has 3 heterocycles. The predicted molar refractivity (Wildman–Crippen MR) is 201 cm³/mol. The number of nitrogens with zero attached hydrogens (tertiary/aromatic N) is 5. The van der Waals surface area contributed by atoms with Crippen LogP contribution in [-0.4, -0.2) is 24.9 Å². The Morgan fingerprint density at radius 2 is 0.980 bits per heavy atom. The zero-order valence-corrected chi connectivity index (χ0v) is 27.0. The minimum absolute atomic E-state index is 0.606. The van der Waals surface area contributed by atoms with Crippen molar-refractivity contribution in [3.8, 4) is 67.0 Å². The molecule has 3 aromatic heterocycles. The van der Waals surface area contributed by atoms with Gasteiger partial charge in [-0.05, 0) is 53.1 Å². The molecule has 0 radical (unpaired) electrons. The van der Waals surface area contributed by atoms with Gasteiger partial charge in [-0.1, -0.05) is 121 Å². The Morgan fingerprint density at radius 3 is 1.67 bits per heavy atom. The van der Waals surface area contributed by atoms with Gasteiger partial charge in [0.15, 0.2) is 17.5 Å². The van der Waals surface area contributed by atoms with Crippen molar-refractivity contribution in [1.29, 1.82) is 0 Å². The van der Waals surface area contributed by atoms with Gasteiger partial charge in [-0.3, -0.25) is 4.98 Å². The van der Waals surface area contributed by atoms with E-state index in [2.05, 4.69) is 84.9 Å². The Bertz CT molecular complexity index is 2540. The molecule has 49 heavy (non-hydrogen) atoms. The predicted octanol–water partition coefficient (Wildman–Crippen LogP) is 11.0. The molecule has 5 nitrogen and oxygen atoms in total. The number of hydrogen-bond donors (Lipinski definition) is 0. The summed E-state index contributed by atoms with van der Waals surface area (Å²) in [6, 6.07) is 54.0. The Hall–Kier alpha value is -6.37. The lowest BCUT2D eigenvalue weighted by Gasteiger charge is -2.13. The third kappa shape index (κ3) is 5.64. The second kappa shape index (κ2) is 12.3. The maximum Gasteiger partial charge on any atom is 0.164 e. The van der Waals surface area contributed by atoms with E-state index in [-0.39, 0.29) is 0 Å². The molecule has 6 heteroatoms. The molecule has 0 fully saturated rings. The van der Waals surface area contributed by atoms with Crippen LogP contribution in [0.2, 0.25) is 0 Å². The minimum atomic E-state index is 0.606. The van der Waals surface area contributed by atoms with E-state index in [4.69, 9.17) is 24.9 Å². The van der Waals surface area contributed by atoms with E-state index < -0.39 is 0 Å². The van der Waals surface area contributed by atoms with Gasteiger partial charge >= 0.3 is 0 Å². The fraction of sp³-hybridized carbons (Fsp3) is 0. The molecule has 0 amide bonds. The van der Waals surface area contributed by atoms with Gasteiger partial charge in [0.2, 0.25) is 0 Å². The molecule has 0 spiro atoms. The van der Waals surface area contributed by atoms with Crippen LogP contribution in [0.25, 0.3) is 88.1 Å². The Labute approximate surface area is 287 Å². The zero-order valence-electron chi connectivity index (χ0n) is 26.2. The summed E-state index contributed by atoms with van der Waals surface area (Å²) in [7, 11) is 0. The van der Waals surface area contributed by atoms with Crippen molar-refractivity contribution in [3.63, 3.8) is 0 Å². The number of hydrogen-bond acceptors (Lipinski definition) is 6. The molecular weight excluding hydrogens is 619 g/mol. The van der Waals surface area contributed by atoms with Crippen molar-refractivity contribution in [2.75, 3.05) is 0 Å². The van der Waals surface area contributed by atoms with Crippen LogP contribution in [0.4, 0.5) is 0 Å². The van der Waals surface area contributed by atoms with Crippen LogP contribution >= 0.6 is 11.3 Å². The molecule has 0 aliphatic heterocycles. The number of thiazole rings is 1. The molecule has 0 atom stereocenters. The molecule has 9 aromatic rings. The van der Waals surface area contributed by atoms with Gasteiger partial charge < -0.3 is 0 Å². The van der Waals surface area contributed by atoms with E-state index in [0.717, 1.165) is 70.6 Å². The number of pyridine rings is 1. The second-order valence-electron chi connectivity index (χ2n) is 11.8. The molecule has 0 aliphatic carbocycles. The first kappa shape index (κ1) is 28.8. The normalized spacial score (nSPS) is 11.3. The molecular formula is C43H27N5S. The van der Waals surface area contributed by atoms with E-state index >= 15 is 0 Å². The second-order valence-corrected chi connectivity index (χ2v) is 12.8. The van der Waals surface area contributed by atoms with Gasteiger partial charge in [0.25, 0.3) is 0 Å². The number of para-hydroxylation sites is 1. The lowest BCUT2D eigenvalue weighted by atomic mass is 9.94. The first-order valence-corrected chi connectivity index (χ1v) is 16.9. The maximum atomic E-state index is 5.07. The summed E-state index contributed by atoms with van der Waals surface area (Å²) in [5, 5.41) is 2.10. The third-order valence-electron chi connectivity index (χ3n) is 8.58. The van der Waals surface area contributed by atoms with Gasteiger partial charge in [0, 0.05) is 39.4 Å². The van der Waals surface area contributed by atoms with Crippen LogP contribution in [0.1, 0.15) is 0 Å². The first-order valence-electron chi connectivity index (χ1n) is 16.1. The van der Waals surface area contributed by atoms with Gasteiger partial charge in [0.05, 0.1) is 15.7 Å². The van der Waals surface area contributed by atoms with Crippen molar-refractivity contribution in [1.82, 2.24) is 24.9 Å². The van der Waals surface area contributed by atoms with Gasteiger partial charge in [-0.25, -0.2) is 19.9 Å². The van der Waals surface area contributed by atoms with Crippen LogP contribution in [0.5, 0.6) is 0 Å². The lowest BCUT2D eigenvalue weighted by Crippen LogP contribution is -2.00. The number of benzene rings is 6. The summed E-state index contributed by atoms with van der Waals surface area (Å²) < 4.78 is 1.13. The molecule has 0 saturated heterocycles. The van der Waals surface area contributed by atoms with Crippen LogP contribution in [0.3, 0.4) is 0 Å². The molecule has 0 unspecified atom stereocenters. The summed E-state index contributed by atoms with van der Waals surface area (Å²) >= 11 is 1.71. The average molecular weight is 646 g/mol. The quantitative estimate of drug-likeness (QED) is 0.180. The lowest BCUT2D eigenvalue weighted by molar-refractivity contribution is 1.07. The molecule has 230 valence electrons. The number of rotatable bonds is 6. The highest BCUT2D eigenvalue weighted by molar-refractivity contribution is 7.21. The van der Waals surface area contributed by atoms with Gasteiger partial charge in [-0.15, -0.1) is 11.3 Å². The summed E-state index contributed by atoms with van der Waals surface area (Å²) in [6.07, 6.45) is 1.85. The summed E-state index contributed by atoms with van der Waals surface area (Å²) in [5.41, 5.74) is 10.0. The fourth-order valence-electron chi connectivity index (χ4n) is 6.16. The van der Waals surface area contributed by atoms with Crippen molar-refractivity contribution in [3.05, 3.63) is 164 Å². The maximum absolute atomic E-state index is 5.07. The van der Waals surface area contributed by atoms with E-state index in [1.54, 1.807) is 11.3 Å². The van der Waals surface area contributed by atoms with Crippen LogP contribution < -0.4 is 0 Å². The van der Waals surface area contributed by atoms with Crippen molar-refractivity contribution in [2.24, 2.45) is 0 Å². The van der Waals surface area contributed by atoms with E-state index in [0.29, 0.717) is 17.5 Å². The number of fused-ring (bicyclic) bond motifs is 2. The van der Waals surface area contributed by atoms with Gasteiger partial charge in [0.1, 0.15) is 5.01 Å². The summed E-state index contributed by atoms with van der Waals surface area (Å²) in [6.45, 7) is 0. The zero-order chi connectivity index (χ0) is 32.6.